The molecule has 4 rings (SSSR count). The van der Waals surface area contributed by atoms with Gasteiger partial charge in [0.15, 0.2) is 0 Å². The molecule has 4 heteroatoms. The zero-order valence-electron chi connectivity index (χ0n) is 17.0. The lowest BCUT2D eigenvalue weighted by Crippen LogP contribution is -2.51. The summed E-state index contributed by atoms with van der Waals surface area (Å²) in [4.78, 5) is 22.9. The molecule has 0 saturated heterocycles. The summed E-state index contributed by atoms with van der Waals surface area (Å²) in [5.41, 5.74) is 1.77. The lowest BCUT2D eigenvalue weighted by atomic mass is 9.48. The van der Waals surface area contributed by atoms with Gasteiger partial charge in [-0.05, 0) is 80.3 Å². The average Bonchev–Trinajstić information content (AvgIpc) is 2.91. The van der Waals surface area contributed by atoms with Crippen molar-refractivity contribution in [1.82, 2.24) is 0 Å². The van der Waals surface area contributed by atoms with Crippen LogP contribution in [0.2, 0.25) is 0 Å². The van der Waals surface area contributed by atoms with E-state index < -0.39 is 0 Å². The second-order valence-electron chi connectivity index (χ2n) is 9.63. The molecular formula is C23H32O4. The van der Waals surface area contributed by atoms with E-state index in [1.54, 1.807) is 0 Å². The summed E-state index contributed by atoms with van der Waals surface area (Å²) in [6.45, 7) is 7.78. The van der Waals surface area contributed by atoms with E-state index in [9.17, 15) is 9.59 Å². The van der Waals surface area contributed by atoms with E-state index in [1.165, 1.54) is 38.7 Å². The number of carbonyl (C=O) groups excluding carboxylic acids is 2. The van der Waals surface area contributed by atoms with Gasteiger partial charge in [0.1, 0.15) is 11.9 Å². The van der Waals surface area contributed by atoms with Crippen molar-refractivity contribution >= 4 is 11.9 Å². The van der Waals surface area contributed by atoms with Crippen LogP contribution in [0.25, 0.3) is 0 Å². The molecule has 3 fully saturated rings. The first-order chi connectivity index (χ1) is 12.7. The maximum absolute atomic E-state index is 11.6. The second kappa shape index (κ2) is 6.49. The van der Waals surface area contributed by atoms with Gasteiger partial charge in [-0.15, -0.1) is 0 Å². The molecule has 0 bridgehead atoms. The molecule has 0 aliphatic heterocycles. The van der Waals surface area contributed by atoms with Crippen LogP contribution in [0.4, 0.5) is 0 Å². The van der Waals surface area contributed by atoms with Gasteiger partial charge in [0, 0.05) is 19.3 Å². The quantitative estimate of drug-likeness (QED) is 0.644. The van der Waals surface area contributed by atoms with E-state index in [0.29, 0.717) is 17.8 Å². The Balaban J connectivity index is 1.57. The van der Waals surface area contributed by atoms with Crippen LogP contribution < -0.4 is 0 Å². The van der Waals surface area contributed by atoms with Crippen LogP contribution in [-0.4, -0.2) is 18.0 Å². The normalized spacial score (nSPS) is 42.8. The maximum Gasteiger partial charge on any atom is 0.308 e. The highest BCUT2D eigenvalue weighted by molar-refractivity contribution is 5.68. The summed E-state index contributed by atoms with van der Waals surface area (Å²) in [5.74, 6) is 2.37. The molecule has 0 aromatic rings. The van der Waals surface area contributed by atoms with E-state index in [2.05, 4.69) is 26.0 Å². The molecule has 4 nitrogen and oxygen atoms in total. The molecule has 3 saturated carbocycles. The van der Waals surface area contributed by atoms with Crippen LogP contribution in [0.15, 0.2) is 23.5 Å². The van der Waals surface area contributed by atoms with Crippen molar-refractivity contribution in [3.63, 3.8) is 0 Å². The number of fused-ring (bicyclic) bond motifs is 5. The van der Waals surface area contributed by atoms with Crippen molar-refractivity contribution in [2.75, 3.05) is 0 Å². The summed E-state index contributed by atoms with van der Waals surface area (Å²) < 4.78 is 11.1. The number of ether oxygens (including phenoxy) is 2. The number of rotatable bonds is 2. The molecule has 6 atom stereocenters. The van der Waals surface area contributed by atoms with Gasteiger partial charge in [-0.2, -0.15) is 0 Å². The van der Waals surface area contributed by atoms with E-state index in [0.717, 1.165) is 31.4 Å². The SMILES string of the molecule is CC(=O)OC1=CC[C@@]2(C)C(=C1)CC[C@@H]1[C@@H]2CC[C@]2(C)C(OC(C)=O)CC[C@@H]12. The molecule has 0 heterocycles. The minimum absolute atomic E-state index is 0.0903. The number of carbonyl (C=O) groups is 2. The molecule has 0 radical (unpaired) electrons. The van der Waals surface area contributed by atoms with Gasteiger partial charge in [-0.1, -0.05) is 19.4 Å². The van der Waals surface area contributed by atoms with Crippen LogP contribution in [0.1, 0.15) is 72.6 Å². The highest BCUT2D eigenvalue weighted by Gasteiger charge is 2.59. The van der Waals surface area contributed by atoms with Gasteiger partial charge < -0.3 is 9.47 Å². The molecule has 4 aliphatic carbocycles. The second-order valence-corrected chi connectivity index (χ2v) is 9.63. The fourth-order valence-corrected chi connectivity index (χ4v) is 6.97. The first kappa shape index (κ1) is 18.8. The Kier molecular flexibility index (Phi) is 4.51. The first-order valence-electron chi connectivity index (χ1n) is 10.5. The number of hydrogen-bond acceptors (Lipinski definition) is 4. The van der Waals surface area contributed by atoms with E-state index in [4.69, 9.17) is 9.47 Å². The molecular weight excluding hydrogens is 340 g/mol. The Morgan fingerprint density at radius 1 is 1.04 bits per heavy atom. The Morgan fingerprint density at radius 3 is 2.52 bits per heavy atom. The summed E-state index contributed by atoms with van der Waals surface area (Å²) >= 11 is 0. The highest BCUT2D eigenvalue weighted by atomic mass is 16.5. The third-order valence-electron chi connectivity index (χ3n) is 8.26. The molecule has 4 aliphatic rings. The predicted octanol–water partition coefficient (Wildman–Crippen LogP) is 4.94. The van der Waals surface area contributed by atoms with Crippen molar-refractivity contribution < 1.29 is 19.1 Å². The minimum atomic E-state index is -0.244. The lowest BCUT2D eigenvalue weighted by Gasteiger charge is -2.57. The van der Waals surface area contributed by atoms with Crippen LogP contribution >= 0.6 is 0 Å². The van der Waals surface area contributed by atoms with Crippen LogP contribution in [-0.2, 0) is 19.1 Å². The number of allylic oxidation sites excluding steroid dienone is 3. The van der Waals surface area contributed by atoms with Gasteiger partial charge in [0.2, 0.25) is 0 Å². The zero-order chi connectivity index (χ0) is 19.4. The van der Waals surface area contributed by atoms with Crippen LogP contribution in [0.3, 0.4) is 0 Å². The van der Waals surface area contributed by atoms with E-state index in [1.807, 2.05) is 0 Å². The monoisotopic (exact) mass is 372 g/mol. The number of esters is 2. The Hall–Kier alpha value is -1.58. The Labute approximate surface area is 162 Å². The van der Waals surface area contributed by atoms with Crippen molar-refractivity contribution in [3.8, 4) is 0 Å². The van der Waals surface area contributed by atoms with Gasteiger partial charge >= 0.3 is 11.9 Å². The summed E-state index contributed by atoms with van der Waals surface area (Å²) in [6.07, 6.45) is 12.1. The molecule has 148 valence electrons. The van der Waals surface area contributed by atoms with Crippen molar-refractivity contribution in [3.05, 3.63) is 23.5 Å². The minimum Gasteiger partial charge on any atom is -0.462 e. The standard InChI is InChI=1S/C23H32O4/c1-14(24)26-17-9-11-22(3)16(13-17)5-6-18-19-7-8-21(27-15(2)25)23(19,4)12-10-20(18)22/h9,13,18-21H,5-8,10-12H2,1-4H3/t18-,19-,20-,21?,22-,23-/m0/s1. The summed E-state index contributed by atoms with van der Waals surface area (Å²) in [7, 11) is 0. The predicted molar refractivity (Wildman–Crippen MR) is 102 cm³/mol. The molecule has 0 aromatic heterocycles. The third kappa shape index (κ3) is 2.96. The molecule has 0 amide bonds. The van der Waals surface area contributed by atoms with Gasteiger partial charge in [0.25, 0.3) is 0 Å². The maximum atomic E-state index is 11.6. The van der Waals surface area contributed by atoms with Gasteiger partial charge in [-0.3, -0.25) is 9.59 Å². The topological polar surface area (TPSA) is 52.6 Å². The first-order valence-corrected chi connectivity index (χ1v) is 10.5. The smallest absolute Gasteiger partial charge is 0.308 e. The molecule has 0 N–H and O–H groups in total. The highest BCUT2D eigenvalue weighted by Crippen LogP contribution is 2.65. The largest absolute Gasteiger partial charge is 0.462 e. The third-order valence-corrected chi connectivity index (χ3v) is 8.26. The van der Waals surface area contributed by atoms with Crippen LogP contribution in [0, 0.1) is 28.6 Å². The molecule has 0 aromatic carbocycles. The fourth-order valence-electron chi connectivity index (χ4n) is 6.97. The van der Waals surface area contributed by atoms with E-state index in [-0.39, 0.29) is 28.9 Å². The summed E-state index contributed by atoms with van der Waals surface area (Å²) in [6, 6.07) is 0. The average molecular weight is 373 g/mol. The van der Waals surface area contributed by atoms with Crippen molar-refractivity contribution in [2.45, 2.75) is 78.7 Å². The molecule has 1 unspecified atom stereocenters. The Bertz CT molecular complexity index is 720. The zero-order valence-corrected chi connectivity index (χ0v) is 17.0. The molecule has 27 heavy (non-hydrogen) atoms. The van der Waals surface area contributed by atoms with Crippen LogP contribution in [0.5, 0.6) is 0 Å². The number of hydrogen-bond donors (Lipinski definition) is 0. The van der Waals surface area contributed by atoms with Gasteiger partial charge in [0.05, 0.1) is 0 Å². The Morgan fingerprint density at radius 2 is 1.81 bits per heavy atom. The van der Waals surface area contributed by atoms with Crippen molar-refractivity contribution in [1.29, 1.82) is 0 Å². The molecule has 0 spiro atoms. The van der Waals surface area contributed by atoms with Crippen molar-refractivity contribution in [2.24, 2.45) is 28.6 Å². The fraction of sp³-hybridized carbons (Fsp3) is 0.739. The summed E-state index contributed by atoms with van der Waals surface area (Å²) in [5, 5.41) is 0. The van der Waals surface area contributed by atoms with E-state index >= 15 is 0 Å². The lowest BCUT2D eigenvalue weighted by molar-refractivity contribution is -0.157. The van der Waals surface area contributed by atoms with Gasteiger partial charge in [-0.25, -0.2) is 0 Å².